The molecule has 0 spiro atoms. The highest BCUT2D eigenvalue weighted by atomic mass is 19.1. The van der Waals surface area contributed by atoms with Crippen molar-refractivity contribution in [2.24, 2.45) is 0 Å². The van der Waals surface area contributed by atoms with Crippen LogP contribution in [0.1, 0.15) is 29.7 Å². The van der Waals surface area contributed by atoms with Crippen LogP contribution in [-0.4, -0.2) is 14.9 Å². The second-order valence-corrected chi connectivity index (χ2v) is 4.43. The first-order valence-corrected chi connectivity index (χ1v) is 6.05. The lowest BCUT2D eigenvalue weighted by Crippen LogP contribution is -2.02. The third-order valence-electron chi connectivity index (χ3n) is 3.02. The number of nitrogens with zero attached hydrogens (tertiary/aromatic N) is 2. The van der Waals surface area contributed by atoms with Gasteiger partial charge in [-0.15, -0.1) is 0 Å². The number of aliphatic hydroxyl groups excluding tert-OH is 1. The summed E-state index contributed by atoms with van der Waals surface area (Å²) in [6.45, 7) is 4.51. The van der Waals surface area contributed by atoms with E-state index in [1.807, 2.05) is 13.1 Å². The summed E-state index contributed by atoms with van der Waals surface area (Å²) < 4.78 is 15.2. The number of benzene rings is 1. The molecular formula is C14H17FN2O. The first-order chi connectivity index (χ1) is 8.60. The van der Waals surface area contributed by atoms with E-state index >= 15 is 0 Å². The summed E-state index contributed by atoms with van der Waals surface area (Å²) in [6, 6.07) is 4.83. The lowest BCUT2D eigenvalue weighted by atomic mass is 10.0. The lowest BCUT2D eigenvalue weighted by Gasteiger charge is -2.10. The monoisotopic (exact) mass is 248 g/mol. The molecule has 0 saturated heterocycles. The topological polar surface area (TPSA) is 38.0 Å². The summed E-state index contributed by atoms with van der Waals surface area (Å²) in [5.74, 6) is -0.282. The van der Waals surface area contributed by atoms with E-state index in [4.69, 9.17) is 0 Å². The van der Waals surface area contributed by atoms with Crippen molar-refractivity contribution >= 4 is 0 Å². The maximum absolute atomic E-state index is 13.4. The van der Waals surface area contributed by atoms with Crippen molar-refractivity contribution in [2.45, 2.75) is 32.9 Å². The van der Waals surface area contributed by atoms with Crippen molar-refractivity contribution in [3.05, 3.63) is 53.1 Å². The Morgan fingerprint density at radius 2 is 2.22 bits per heavy atom. The molecule has 1 N–H and O–H groups in total. The third-order valence-corrected chi connectivity index (χ3v) is 3.02. The molecule has 4 heteroatoms. The SMILES string of the molecule is CCn1cc(CC(O)c2ccc(C)c(F)c2)cn1. The molecule has 18 heavy (non-hydrogen) atoms. The molecule has 1 atom stereocenters. The maximum atomic E-state index is 13.4. The van der Waals surface area contributed by atoms with Crippen molar-refractivity contribution in [3.8, 4) is 0 Å². The predicted octanol–water partition coefficient (Wildman–Crippen LogP) is 2.63. The molecule has 0 aliphatic rings. The number of halogens is 1. The van der Waals surface area contributed by atoms with Gasteiger partial charge in [0.05, 0.1) is 12.3 Å². The van der Waals surface area contributed by atoms with Crippen molar-refractivity contribution in [2.75, 3.05) is 0 Å². The molecule has 0 radical (unpaired) electrons. The fourth-order valence-electron chi connectivity index (χ4n) is 1.84. The van der Waals surface area contributed by atoms with Crippen LogP contribution in [0.25, 0.3) is 0 Å². The Labute approximate surface area is 106 Å². The fourth-order valence-corrected chi connectivity index (χ4v) is 1.84. The third kappa shape index (κ3) is 2.76. The van der Waals surface area contributed by atoms with E-state index in [9.17, 15) is 9.50 Å². The Hall–Kier alpha value is -1.68. The summed E-state index contributed by atoms with van der Waals surface area (Å²) in [4.78, 5) is 0. The molecule has 2 rings (SSSR count). The van der Waals surface area contributed by atoms with E-state index in [0.717, 1.165) is 12.1 Å². The van der Waals surface area contributed by atoms with Gasteiger partial charge in [-0.25, -0.2) is 4.39 Å². The molecule has 1 heterocycles. The van der Waals surface area contributed by atoms with E-state index in [1.54, 1.807) is 29.9 Å². The van der Waals surface area contributed by atoms with E-state index in [-0.39, 0.29) is 5.82 Å². The normalized spacial score (nSPS) is 12.7. The van der Waals surface area contributed by atoms with Crippen LogP contribution in [0, 0.1) is 12.7 Å². The highest BCUT2D eigenvalue weighted by molar-refractivity contribution is 5.26. The Morgan fingerprint density at radius 3 is 2.83 bits per heavy atom. The summed E-state index contributed by atoms with van der Waals surface area (Å²) in [6.07, 6.45) is 3.38. The first-order valence-electron chi connectivity index (χ1n) is 6.05. The van der Waals surface area contributed by atoms with Crippen LogP contribution < -0.4 is 0 Å². The minimum Gasteiger partial charge on any atom is -0.388 e. The van der Waals surface area contributed by atoms with Crippen LogP contribution in [-0.2, 0) is 13.0 Å². The van der Waals surface area contributed by atoms with Crippen LogP contribution in [0.2, 0.25) is 0 Å². The van der Waals surface area contributed by atoms with E-state index in [0.29, 0.717) is 17.5 Å². The zero-order chi connectivity index (χ0) is 13.1. The average molecular weight is 248 g/mol. The smallest absolute Gasteiger partial charge is 0.126 e. The van der Waals surface area contributed by atoms with Crippen molar-refractivity contribution in [3.63, 3.8) is 0 Å². The van der Waals surface area contributed by atoms with Gasteiger partial charge in [0.25, 0.3) is 0 Å². The molecule has 1 aromatic carbocycles. The van der Waals surface area contributed by atoms with Gasteiger partial charge >= 0.3 is 0 Å². The van der Waals surface area contributed by atoms with Crippen LogP contribution in [0.5, 0.6) is 0 Å². The average Bonchev–Trinajstić information content (AvgIpc) is 2.80. The van der Waals surface area contributed by atoms with Crippen molar-refractivity contribution in [1.29, 1.82) is 0 Å². The van der Waals surface area contributed by atoms with Gasteiger partial charge in [0.2, 0.25) is 0 Å². The Kier molecular flexibility index (Phi) is 3.77. The van der Waals surface area contributed by atoms with Gasteiger partial charge in [0.1, 0.15) is 5.82 Å². The molecule has 0 bridgehead atoms. The Bertz CT molecular complexity index is 536. The lowest BCUT2D eigenvalue weighted by molar-refractivity contribution is 0.178. The predicted molar refractivity (Wildman–Crippen MR) is 67.7 cm³/mol. The Balaban J connectivity index is 2.11. The van der Waals surface area contributed by atoms with Gasteiger partial charge in [-0.1, -0.05) is 12.1 Å². The highest BCUT2D eigenvalue weighted by Gasteiger charge is 2.11. The molecule has 96 valence electrons. The van der Waals surface area contributed by atoms with Crippen LogP contribution in [0.3, 0.4) is 0 Å². The Morgan fingerprint density at radius 1 is 1.44 bits per heavy atom. The zero-order valence-electron chi connectivity index (χ0n) is 10.6. The molecule has 0 amide bonds. The van der Waals surface area contributed by atoms with Crippen molar-refractivity contribution < 1.29 is 9.50 Å². The van der Waals surface area contributed by atoms with Crippen LogP contribution in [0.15, 0.2) is 30.6 Å². The first kappa shape index (κ1) is 12.8. The molecule has 1 unspecified atom stereocenters. The summed E-state index contributed by atoms with van der Waals surface area (Å²) in [7, 11) is 0. The number of aromatic nitrogens is 2. The molecule has 3 nitrogen and oxygen atoms in total. The van der Waals surface area contributed by atoms with Gasteiger partial charge in [0.15, 0.2) is 0 Å². The van der Waals surface area contributed by atoms with Crippen LogP contribution in [0.4, 0.5) is 4.39 Å². The number of rotatable bonds is 4. The fraction of sp³-hybridized carbons (Fsp3) is 0.357. The number of aliphatic hydroxyl groups is 1. The molecule has 0 saturated carbocycles. The number of hydrogen-bond acceptors (Lipinski definition) is 2. The maximum Gasteiger partial charge on any atom is 0.126 e. The van der Waals surface area contributed by atoms with Gasteiger partial charge in [-0.3, -0.25) is 4.68 Å². The second kappa shape index (κ2) is 5.31. The summed E-state index contributed by atoms with van der Waals surface area (Å²) in [5.41, 5.74) is 2.14. The van der Waals surface area contributed by atoms with E-state index in [2.05, 4.69) is 5.10 Å². The zero-order valence-corrected chi connectivity index (χ0v) is 10.6. The van der Waals surface area contributed by atoms with Gasteiger partial charge < -0.3 is 5.11 Å². The largest absolute Gasteiger partial charge is 0.388 e. The number of aryl methyl sites for hydroxylation is 2. The van der Waals surface area contributed by atoms with E-state index < -0.39 is 6.10 Å². The summed E-state index contributed by atoms with van der Waals surface area (Å²) >= 11 is 0. The minimum absolute atomic E-state index is 0.282. The molecule has 0 aliphatic heterocycles. The quantitative estimate of drug-likeness (QED) is 0.903. The van der Waals surface area contributed by atoms with Crippen molar-refractivity contribution in [1.82, 2.24) is 9.78 Å². The number of hydrogen-bond donors (Lipinski definition) is 1. The summed E-state index contributed by atoms with van der Waals surface area (Å²) in [5, 5.41) is 14.2. The highest BCUT2D eigenvalue weighted by Crippen LogP contribution is 2.20. The van der Waals surface area contributed by atoms with Gasteiger partial charge in [-0.05, 0) is 36.6 Å². The molecule has 1 aromatic heterocycles. The van der Waals surface area contributed by atoms with E-state index in [1.165, 1.54) is 6.07 Å². The second-order valence-electron chi connectivity index (χ2n) is 4.43. The minimum atomic E-state index is -0.699. The molecule has 0 aliphatic carbocycles. The molecular weight excluding hydrogens is 231 g/mol. The standard InChI is InChI=1S/C14H17FN2O/c1-3-17-9-11(8-16-17)6-14(18)12-5-4-10(2)13(15)7-12/h4-5,7-9,14,18H,3,6H2,1-2H3. The van der Waals surface area contributed by atoms with Gasteiger partial charge in [-0.2, -0.15) is 5.10 Å². The molecule has 2 aromatic rings. The van der Waals surface area contributed by atoms with Gasteiger partial charge in [0, 0.05) is 19.2 Å². The molecule has 0 fully saturated rings. The van der Waals surface area contributed by atoms with Crippen LogP contribution >= 0.6 is 0 Å².